The van der Waals surface area contributed by atoms with E-state index < -0.39 is 47.7 Å². The average molecular weight is 611 g/mol. The maximum Gasteiger partial charge on any atom is 0.326 e. The Labute approximate surface area is 256 Å². The van der Waals surface area contributed by atoms with E-state index in [9.17, 15) is 34.2 Å². The van der Waals surface area contributed by atoms with Crippen LogP contribution in [0.25, 0.3) is 0 Å². The summed E-state index contributed by atoms with van der Waals surface area (Å²) in [5.41, 5.74) is 14.3. The molecule has 2 aromatic carbocycles. The number of nitrogens with zero attached hydrogens (tertiary/aromatic N) is 1. The predicted molar refractivity (Wildman–Crippen MR) is 162 cm³/mol. The smallest absolute Gasteiger partial charge is 0.326 e. The van der Waals surface area contributed by atoms with E-state index >= 15 is 0 Å². The quantitative estimate of drug-likeness (QED) is 0.126. The molecule has 13 nitrogen and oxygen atoms in total. The molecule has 0 spiro atoms. The zero-order chi connectivity index (χ0) is 32.1. The van der Waals surface area contributed by atoms with Gasteiger partial charge in [-0.1, -0.05) is 36.4 Å². The molecule has 238 valence electrons. The fourth-order valence-corrected chi connectivity index (χ4v) is 5.02. The van der Waals surface area contributed by atoms with Gasteiger partial charge in [-0.25, -0.2) is 4.79 Å². The van der Waals surface area contributed by atoms with E-state index in [1.807, 2.05) is 24.3 Å². The summed E-state index contributed by atoms with van der Waals surface area (Å²) in [6.45, 7) is 0.468. The van der Waals surface area contributed by atoms with Gasteiger partial charge in [-0.3, -0.25) is 19.2 Å². The molecule has 1 aliphatic heterocycles. The van der Waals surface area contributed by atoms with E-state index in [0.717, 1.165) is 16.7 Å². The number of nitrogens with one attached hydrogen (secondary N) is 3. The summed E-state index contributed by atoms with van der Waals surface area (Å²) in [4.78, 5) is 64.1. The lowest BCUT2D eigenvalue weighted by Crippen LogP contribution is -2.57. The molecule has 3 atom stereocenters. The molecule has 1 aliphatic rings. The molecule has 0 aliphatic carbocycles. The number of carbonyl (C=O) groups is 5. The molecule has 0 fully saturated rings. The number of hydrogen-bond donors (Lipinski definition) is 7. The van der Waals surface area contributed by atoms with Crippen LogP contribution in [0.3, 0.4) is 0 Å². The van der Waals surface area contributed by atoms with E-state index in [0.29, 0.717) is 19.4 Å². The molecule has 9 N–H and O–H groups in total. The summed E-state index contributed by atoms with van der Waals surface area (Å²) < 4.78 is 0. The van der Waals surface area contributed by atoms with Crippen LogP contribution in [-0.2, 0) is 43.4 Å². The lowest BCUT2D eigenvalue weighted by molar-refractivity contribution is -0.143. The number of benzene rings is 2. The average Bonchev–Trinajstić information content (AvgIpc) is 3.01. The van der Waals surface area contributed by atoms with Gasteiger partial charge in [0.15, 0.2) is 0 Å². The number of carbonyl (C=O) groups excluding carboxylic acids is 4. The van der Waals surface area contributed by atoms with Crippen molar-refractivity contribution >= 4 is 29.6 Å². The van der Waals surface area contributed by atoms with E-state index in [1.165, 1.54) is 17.0 Å². The van der Waals surface area contributed by atoms with Gasteiger partial charge in [0.1, 0.15) is 17.8 Å². The van der Waals surface area contributed by atoms with Crippen molar-refractivity contribution in [3.05, 3.63) is 65.2 Å². The fourth-order valence-electron chi connectivity index (χ4n) is 5.02. The number of amides is 4. The van der Waals surface area contributed by atoms with E-state index in [1.54, 1.807) is 12.1 Å². The monoisotopic (exact) mass is 610 g/mol. The Bertz CT molecular complexity index is 1300. The highest BCUT2D eigenvalue weighted by Crippen LogP contribution is 2.24. The summed E-state index contributed by atoms with van der Waals surface area (Å²) >= 11 is 0. The number of hydrogen-bond acceptors (Lipinski definition) is 8. The number of carboxylic acid groups (broad SMARTS) is 1. The van der Waals surface area contributed by atoms with Gasteiger partial charge in [0.2, 0.25) is 23.6 Å². The van der Waals surface area contributed by atoms with Crippen LogP contribution in [-0.4, -0.2) is 82.5 Å². The zero-order valence-corrected chi connectivity index (χ0v) is 24.7. The van der Waals surface area contributed by atoms with Crippen molar-refractivity contribution in [2.45, 2.75) is 69.6 Å². The molecule has 0 unspecified atom stereocenters. The van der Waals surface area contributed by atoms with Gasteiger partial charge in [0, 0.05) is 25.9 Å². The highest BCUT2D eigenvalue weighted by Gasteiger charge is 2.36. The van der Waals surface area contributed by atoms with Gasteiger partial charge in [0.25, 0.3) is 0 Å². The topological polar surface area (TPSA) is 217 Å². The summed E-state index contributed by atoms with van der Waals surface area (Å²) in [5.74, 6) is -2.80. The highest BCUT2D eigenvalue weighted by molar-refractivity contribution is 5.92. The molecule has 4 amide bonds. The van der Waals surface area contributed by atoms with E-state index in [4.69, 9.17) is 11.5 Å². The summed E-state index contributed by atoms with van der Waals surface area (Å²) in [7, 11) is 0. The standard InChI is InChI=1S/C31H42N6O7/c32-14-4-3-8-25(31(43)44)36-27(39)9-5-15-34-28(40)18-35-29(41)26-17-21-6-1-2-7-22(21)19-37(26)30(42)24(33)16-20-10-12-23(38)13-11-20/h1-2,6-7,10-13,24-26,38H,3-5,8-9,14-19,32-33H2,(H,34,40)(H,35,41)(H,36,39)(H,43,44)/t24-,25+,26+/m0/s1. The largest absolute Gasteiger partial charge is 0.508 e. The van der Waals surface area contributed by atoms with Crippen molar-refractivity contribution in [3.8, 4) is 5.75 Å². The van der Waals surface area contributed by atoms with Crippen molar-refractivity contribution in [2.24, 2.45) is 11.5 Å². The molecule has 2 aromatic rings. The minimum atomic E-state index is -1.11. The van der Waals surface area contributed by atoms with Crippen molar-refractivity contribution in [3.63, 3.8) is 0 Å². The lowest BCUT2D eigenvalue weighted by atomic mass is 9.92. The Morgan fingerprint density at radius 1 is 0.932 bits per heavy atom. The summed E-state index contributed by atoms with van der Waals surface area (Å²) in [5, 5.41) is 26.5. The number of unbranched alkanes of at least 4 members (excludes halogenated alkanes) is 1. The van der Waals surface area contributed by atoms with Crippen LogP contribution in [0.5, 0.6) is 5.75 Å². The molecule has 0 saturated heterocycles. The first-order chi connectivity index (χ1) is 21.1. The Morgan fingerprint density at radius 2 is 1.64 bits per heavy atom. The SMILES string of the molecule is NCCCC[C@@H](NC(=O)CCCNC(=O)CNC(=O)[C@H]1Cc2ccccc2CN1C(=O)[C@@H](N)Cc1ccc(O)cc1)C(=O)O. The number of nitrogens with two attached hydrogens (primary N) is 2. The van der Waals surface area contributed by atoms with Crippen LogP contribution >= 0.6 is 0 Å². The second kappa shape index (κ2) is 17.0. The van der Waals surface area contributed by atoms with Crippen molar-refractivity contribution in [1.82, 2.24) is 20.9 Å². The third kappa shape index (κ3) is 10.3. The van der Waals surface area contributed by atoms with Crippen LogP contribution in [0.1, 0.15) is 48.8 Å². The Morgan fingerprint density at radius 3 is 2.32 bits per heavy atom. The van der Waals surface area contributed by atoms with Crippen LogP contribution in [0, 0.1) is 0 Å². The molecular formula is C31H42N6O7. The number of aromatic hydroxyl groups is 1. The number of rotatable bonds is 16. The van der Waals surface area contributed by atoms with Crippen molar-refractivity contribution in [1.29, 1.82) is 0 Å². The van der Waals surface area contributed by atoms with Crippen LogP contribution in [0.2, 0.25) is 0 Å². The number of carboxylic acids is 1. The second-order valence-corrected chi connectivity index (χ2v) is 10.8. The first kappa shape index (κ1) is 34.0. The van der Waals surface area contributed by atoms with E-state index in [-0.39, 0.29) is 57.5 Å². The minimum Gasteiger partial charge on any atom is -0.508 e. The molecule has 0 saturated carbocycles. The number of fused-ring (bicyclic) bond motifs is 1. The predicted octanol–water partition coefficient (Wildman–Crippen LogP) is -0.0735. The first-order valence-corrected chi connectivity index (χ1v) is 14.8. The van der Waals surface area contributed by atoms with Crippen LogP contribution in [0.15, 0.2) is 48.5 Å². The molecule has 0 bridgehead atoms. The first-order valence-electron chi connectivity index (χ1n) is 14.8. The zero-order valence-electron chi connectivity index (χ0n) is 24.7. The van der Waals surface area contributed by atoms with Gasteiger partial charge < -0.3 is 42.5 Å². The molecule has 0 aromatic heterocycles. The van der Waals surface area contributed by atoms with Gasteiger partial charge >= 0.3 is 5.97 Å². The second-order valence-electron chi connectivity index (χ2n) is 10.8. The molecule has 13 heteroatoms. The van der Waals surface area contributed by atoms with Crippen LogP contribution in [0.4, 0.5) is 0 Å². The minimum absolute atomic E-state index is 0.0241. The number of aliphatic carboxylic acids is 1. The third-order valence-corrected chi connectivity index (χ3v) is 7.45. The Hall–Kier alpha value is -4.49. The fraction of sp³-hybridized carbons (Fsp3) is 0.452. The molecule has 44 heavy (non-hydrogen) atoms. The highest BCUT2D eigenvalue weighted by atomic mass is 16.4. The van der Waals surface area contributed by atoms with Gasteiger partial charge in [-0.2, -0.15) is 0 Å². The van der Waals surface area contributed by atoms with E-state index in [2.05, 4.69) is 16.0 Å². The maximum absolute atomic E-state index is 13.5. The Kier molecular flexibility index (Phi) is 13.1. The van der Waals surface area contributed by atoms with Gasteiger partial charge in [-0.05, 0) is 67.5 Å². The van der Waals surface area contributed by atoms with Gasteiger partial charge in [-0.15, -0.1) is 0 Å². The maximum atomic E-state index is 13.5. The normalized spacial score (nSPS) is 15.4. The molecular weight excluding hydrogens is 568 g/mol. The third-order valence-electron chi connectivity index (χ3n) is 7.45. The van der Waals surface area contributed by atoms with Crippen LogP contribution < -0.4 is 27.4 Å². The number of phenolic OH excluding ortho intramolecular Hbond substituents is 1. The summed E-state index contributed by atoms with van der Waals surface area (Å²) in [6, 6.07) is 11.1. The van der Waals surface area contributed by atoms with Crippen molar-refractivity contribution in [2.75, 3.05) is 19.6 Å². The lowest BCUT2D eigenvalue weighted by Gasteiger charge is -2.37. The van der Waals surface area contributed by atoms with Crippen molar-refractivity contribution < 1.29 is 34.2 Å². The Balaban J connectivity index is 1.49. The molecule has 3 rings (SSSR count). The number of phenols is 1. The summed E-state index contributed by atoms with van der Waals surface area (Å²) in [6.07, 6.45) is 2.32. The molecule has 0 radical (unpaired) electrons. The van der Waals surface area contributed by atoms with Gasteiger partial charge in [0.05, 0.1) is 12.6 Å². The molecule has 1 heterocycles.